The van der Waals surface area contributed by atoms with Gasteiger partial charge in [-0.2, -0.15) is 0 Å². The molecule has 0 saturated heterocycles. The molecule has 102 valence electrons. The van der Waals surface area contributed by atoms with Crippen molar-refractivity contribution in [3.63, 3.8) is 0 Å². The largest absolute Gasteiger partial charge is 0.372 e. The Bertz CT molecular complexity index is 352. The summed E-state index contributed by atoms with van der Waals surface area (Å²) in [6, 6.07) is 0. The molecule has 18 heavy (non-hydrogen) atoms. The highest BCUT2D eigenvalue weighted by Crippen LogP contribution is 2.19. The van der Waals surface area contributed by atoms with E-state index in [0.29, 0.717) is 0 Å². The van der Waals surface area contributed by atoms with E-state index in [1.165, 1.54) is 0 Å². The lowest BCUT2D eigenvalue weighted by molar-refractivity contribution is 0.305. The van der Waals surface area contributed by atoms with Crippen LogP contribution in [0.25, 0.3) is 0 Å². The van der Waals surface area contributed by atoms with Gasteiger partial charge < -0.3 is 10.2 Å². The third-order valence-corrected chi connectivity index (χ3v) is 4.22. The first-order chi connectivity index (χ1) is 8.65. The van der Waals surface area contributed by atoms with Crippen LogP contribution in [0.1, 0.15) is 32.3 Å². The summed E-state index contributed by atoms with van der Waals surface area (Å²) in [7, 11) is 1.91. The lowest BCUT2D eigenvalue weighted by atomic mass is 10.3. The van der Waals surface area contributed by atoms with Crippen LogP contribution in [-0.4, -0.2) is 41.5 Å². The molecule has 0 aliphatic carbocycles. The van der Waals surface area contributed by atoms with E-state index in [0.717, 1.165) is 53.4 Å². The first kappa shape index (κ1) is 15.6. The lowest BCUT2D eigenvalue weighted by Gasteiger charge is -2.17. The van der Waals surface area contributed by atoms with Crippen molar-refractivity contribution in [1.29, 1.82) is 0 Å². The summed E-state index contributed by atoms with van der Waals surface area (Å²) >= 11 is 2.32. The third kappa shape index (κ3) is 4.05. The van der Waals surface area contributed by atoms with Gasteiger partial charge >= 0.3 is 0 Å². The van der Waals surface area contributed by atoms with Gasteiger partial charge in [0.15, 0.2) is 0 Å². The second-order valence-corrected chi connectivity index (χ2v) is 5.21. The number of likely N-dealkylation sites (N-methyl/N-ethyl adjacent to an activating group) is 1. The van der Waals surface area contributed by atoms with Crippen LogP contribution in [0.15, 0.2) is 0 Å². The average Bonchev–Trinajstić information content (AvgIpc) is 2.41. The number of hydrogen-bond acceptors (Lipinski definition) is 4. The average molecular weight is 362 g/mol. The number of aromatic nitrogens is 2. The van der Waals surface area contributed by atoms with Crippen molar-refractivity contribution < 1.29 is 0 Å². The van der Waals surface area contributed by atoms with Crippen molar-refractivity contribution in [2.75, 3.05) is 32.0 Å². The zero-order chi connectivity index (χ0) is 13.5. The van der Waals surface area contributed by atoms with E-state index in [4.69, 9.17) is 0 Å². The Labute approximate surface area is 124 Å². The van der Waals surface area contributed by atoms with Crippen LogP contribution in [0.4, 0.5) is 5.82 Å². The molecule has 0 bridgehead atoms. The normalized spacial score (nSPS) is 11.0. The molecule has 0 aliphatic heterocycles. The van der Waals surface area contributed by atoms with Crippen molar-refractivity contribution in [1.82, 2.24) is 14.9 Å². The fourth-order valence-corrected chi connectivity index (χ4v) is 2.75. The highest BCUT2D eigenvalue weighted by molar-refractivity contribution is 14.1. The van der Waals surface area contributed by atoms with Crippen LogP contribution >= 0.6 is 22.6 Å². The van der Waals surface area contributed by atoms with E-state index in [2.05, 4.69) is 63.5 Å². The molecule has 0 aliphatic rings. The predicted octanol–water partition coefficient (Wildman–Crippen LogP) is 2.57. The van der Waals surface area contributed by atoms with E-state index >= 15 is 0 Å². The van der Waals surface area contributed by atoms with Gasteiger partial charge in [-0.05, 0) is 42.1 Å². The molecular weight excluding hydrogens is 339 g/mol. The van der Waals surface area contributed by atoms with Crippen LogP contribution in [0.3, 0.4) is 0 Å². The minimum atomic E-state index is 0.917. The zero-order valence-electron chi connectivity index (χ0n) is 11.8. The van der Waals surface area contributed by atoms with Crippen molar-refractivity contribution in [3.05, 3.63) is 15.1 Å². The highest BCUT2D eigenvalue weighted by Gasteiger charge is 2.10. The molecule has 4 nitrogen and oxygen atoms in total. The second kappa shape index (κ2) is 7.89. The Morgan fingerprint density at radius 2 is 1.83 bits per heavy atom. The van der Waals surface area contributed by atoms with Crippen molar-refractivity contribution in [2.45, 2.75) is 33.6 Å². The summed E-state index contributed by atoms with van der Waals surface area (Å²) < 4.78 is 1.14. The molecule has 1 heterocycles. The number of nitrogens with zero attached hydrogens (tertiary/aromatic N) is 3. The Hall–Kier alpha value is -0.430. The Balaban J connectivity index is 2.82. The van der Waals surface area contributed by atoms with Crippen molar-refractivity contribution in [3.8, 4) is 0 Å². The zero-order valence-corrected chi connectivity index (χ0v) is 13.9. The fraction of sp³-hybridized carbons (Fsp3) is 0.692. The molecule has 1 aromatic rings. The number of aryl methyl sites for hydroxylation is 1. The van der Waals surface area contributed by atoms with E-state index < -0.39 is 0 Å². The summed E-state index contributed by atoms with van der Waals surface area (Å²) in [5.41, 5.74) is 1.14. The second-order valence-electron chi connectivity index (χ2n) is 4.13. The summed E-state index contributed by atoms with van der Waals surface area (Å²) in [6.07, 6.45) is 1.87. The number of hydrogen-bond donors (Lipinski definition) is 1. The molecular formula is C13H23IN4. The van der Waals surface area contributed by atoms with Gasteiger partial charge in [-0.25, -0.2) is 9.97 Å². The smallest absolute Gasteiger partial charge is 0.143 e. The van der Waals surface area contributed by atoms with Crippen LogP contribution in [0.5, 0.6) is 0 Å². The first-order valence-corrected chi connectivity index (χ1v) is 7.69. The summed E-state index contributed by atoms with van der Waals surface area (Å²) in [6.45, 7) is 9.71. The topological polar surface area (TPSA) is 41.1 Å². The van der Waals surface area contributed by atoms with Crippen LogP contribution in [-0.2, 0) is 12.8 Å². The minimum absolute atomic E-state index is 0.917. The predicted molar refractivity (Wildman–Crippen MR) is 85.2 cm³/mol. The van der Waals surface area contributed by atoms with Gasteiger partial charge in [-0.15, -0.1) is 0 Å². The molecule has 1 rings (SSSR count). The van der Waals surface area contributed by atoms with Crippen LogP contribution in [0.2, 0.25) is 0 Å². The molecule has 0 saturated carbocycles. The molecule has 0 radical (unpaired) electrons. The van der Waals surface area contributed by atoms with Crippen molar-refractivity contribution >= 4 is 28.4 Å². The fourth-order valence-electron chi connectivity index (χ4n) is 1.85. The summed E-state index contributed by atoms with van der Waals surface area (Å²) in [5.74, 6) is 1.90. The van der Waals surface area contributed by atoms with Gasteiger partial charge in [0.1, 0.15) is 11.6 Å². The van der Waals surface area contributed by atoms with E-state index in [1.54, 1.807) is 0 Å². The van der Waals surface area contributed by atoms with Gasteiger partial charge in [0.05, 0.1) is 9.26 Å². The van der Waals surface area contributed by atoms with Gasteiger partial charge in [0.25, 0.3) is 0 Å². The monoisotopic (exact) mass is 362 g/mol. The molecule has 0 amide bonds. The SMILES string of the molecule is CCc1nc(CCN(CC)CC)nc(NC)c1I. The first-order valence-electron chi connectivity index (χ1n) is 6.61. The summed E-state index contributed by atoms with van der Waals surface area (Å²) in [4.78, 5) is 11.6. The third-order valence-electron chi connectivity index (χ3n) is 3.08. The van der Waals surface area contributed by atoms with E-state index in [9.17, 15) is 0 Å². The Kier molecular flexibility index (Phi) is 6.85. The molecule has 5 heteroatoms. The molecule has 0 unspecified atom stereocenters. The molecule has 0 atom stereocenters. The quantitative estimate of drug-likeness (QED) is 0.757. The van der Waals surface area contributed by atoms with Crippen LogP contribution in [0, 0.1) is 3.57 Å². The number of rotatable bonds is 7. The maximum atomic E-state index is 4.65. The Morgan fingerprint density at radius 3 is 2.33 bits per heavy atom. The Morgan fingerprint density at radius 1 is 1.17 bits per heavy atom. The maximum Gasteiger partial charge on any atom is 0.143 e. The minimum Gasteiger partial charge on any atom is -0.372 e. The number of nitrogens with one attached hydrogen (secondary N) is 1. The molecule has 1 N–H and O–H groups in total. The van der Waals surface area contributed by atoms with Gasteiger partial charge in [0.2, 0.25) is 0 Å². The van der Waals surface area contributed by atoms with Gasteiger partial charge in [-0.3, -0.25) is 0 Å². The van der Waals surface area contributed by atoms with Crippen LogP contribution < -0.4 is 5.32 Å². The van der Waals surface area contributed by atoms with Gasteiger partial charge in [0, 0.05) is 20.0 Å². The summed E-state index contributed by atoms with van der Waals surface area (Å²) in [5, 5.41) is 3.15. The van der Waals surface area contributed by atoms with E-state index in [-0.39, 0.29) is 0 Å². The lowest BCUT2D eigenvalue weighted by Crippen LogP contribution is -2.26. The maximum absolute atomic E-state index is 4.65. The molecule has 0 aromatic carbocycles. The standard InChI is InChI=1S/C13H23IN4/c1-5-10-12(14)13(15-4)17-11(16-10)8-9-18(6-2)7-3/h5-9H2,1-4H3,(H,15,16,17). The number of halogens is 1. The highest BCUT2D eigenvalue weighted by atomic mass is 127. The molecule has 0 spiro atoms. The van der Waals surface area contributed by atoms with Gasteiger partial charge in [-0.1, -0.05) is 20.8 Å². The van der Waals surface area contributed by atoms with E-state index in [1.807, 2.05) is 7.05 Å². The number of anilines is 1. The molecule has 0 fully saturated rings. The molecule has 1 aromatic heterocycles. The van der Waals surface area contributed by atoms with Crippen molar-refractivity contribution in [2.24, 2.45) is 0 Å².